The van der Waals surface area contributed by atoms with E-state index in [0.717, 1.165) is 12.1 Å². The molecule has 0 spiro atoms. The largest absolute Gasteiger partial charge is 0.418 e. The summed E-state index contributed by atoms with van der Waals surface area (Å²) >= 11 is 0. The molecule has 0 aliphatic heterocycles. The first-order valence-corrected chi connectivity index (χ1v) is 3.99. The predicted octanol–water partition coefficient (Wildman–Crippen LogP) is 1.94. The van der Waals surface area contributed by atoms with Gasteiger partial charge in [-0.3, -0.25) is 0 Å². The maximum Gasteiger partial charge on any atom is 0.418 e. The van der Waals surface area contributed by atoms with Crippen LogP contribution in [0, 0.1) is 11.3 Å². The molecule has 0 saturated heterocycles. The second-order valence-electron chi connectivity index (χ2n) is 2.93. The summed E-state index contributed by atoms with van der Waals surface area (Å²) in [5.41, 5.74) is 9.44. The van der Waals surface area contributed by atoms with E-state index in [2.05, 4.69) is 0 Å². The van der Waals surface area contributed by atoms with Crippen LogP contribution in [0.5, 0.6) is 0 Å². The molecule has 0 bridgehead atoms. The van der Waals surface area contributed by atoms with Crippen molar-refractivity contribution < 1.29 is 13.2 Å². The average molecular weight is 215 g/mol. The summed E-state index contributed by atoms with van der Waals surface area (Å²) in [4.78, 5) is 0. The minimum Gasteiger partial charge on any atom is -0.398 e. The Morgan fingerprint density at radius 1 is 1.27 bits per heavy atom. The molecule has 1 aromatic carbocycles. The van der Waals surface area contributed by atoms with Gasteiger partial charge in [0.2, 0.25) is 0 Å². The minimum absolute atomic E-state index is 0.0346. The van der Waals surface area contributed by atoms with Gasteiger partial charge in [-0.05, 0) is 12.1 Å². The van der Waals surface area contributed by atoms with Crippen LogP contribution in [-0.2, 0) is 12.6 Å². The lowest BCUT2D eigenvalue weighted by molar-refractivity contribution is -0.136. The first kappa shape index (κ1) is 11.2. The number of halogens is 3. The lowest BCUT2D eigenvalue weighted by Crippen LogP contribution is -2.12. The number of alkyl halides is 3. The number of hydrogen-bond donors (Lipinski definition) is 2. The van der Waals surface area contributed by atoms with E-state index in [9.17, 15) is 13.2 Å². The molecule has 0 aliphatic rings. The minimum atomic E-state index is -4.53. The molecular weight excluding hydrogens is 207 g/mol. The third-order valence-electron chi connectivity index (χ3n) is 1.95. The number of nitrogens with two attached hydrogens (primary N) is 2. The standard InChI is InChI=1S/C9H8F3N3/c10-9(11,12)6-1-2-7(14)5(3-4-13)8(6)15/h1-2H,3,14-15H2. The highest BCUT2D eigenvalue weighted by Gasteiger charge is 2.33. The van der Waals surface area contributed by atoms with E-state index in [-0.39, 0.29) is 17.7 Å². The molecule has 0 fully saturated rings. The van der Waals surface area contributed by atoms with E-state index in [1.807, 2.05) is 0 Å². The number of benzene rings is 1. The SMILES string of the molecule is N#CCc1c(N)ccc(C(F)(F)F)c1N. The van der Waals surface area contributed by atoms with Crippen molar-refractivity contribution in [2.75, 3.05) is 11.5 Å². The Labute approximate surface area is 84.1 Å². The summed E-state index contributed by atoms with van der Waals surface area (Å²) in [5.74, 6) is 0. The molecular formula is C9H8F3N3. The molecule has 0 aliphatic carbocycles. The van der Waals surface area contributed by atoms with Gasteiger partial charge in [-0.2, -0.15) is 18.4 Å². The Balaban J connectivity index is 3.36. The molecule has 0 saturated carbocycles. The zero-order valence-electron chi connectivity index (χ0n) is 7.60. The maximum absolute atomic E-state index is 12.4. The quantitative estimate of drug-likeness (QED) is 0.703. The van der Waals surface area contributed by atoms with Crippen LogP contribution in [0.3, 0.4) is 0 Å². The number of nitrogen functional groups attached to an aromatic ring is 2. The fourth-order valence-corrected chi connectivity index (χ4v) is 1.21. The monoisotopic (exact) mass is 215 g/mol. The first-order valence-electron chi connectivity index (χ1n) is 3.99. The van der Waals surface area contributed by atoms with E-state index < -0.39 is 17.4 Å². The van der Waals surface area contributed by atoms with E-state index in [1.165, 1.54) is 0 Å². The van der Waals surface area contributed by atoms with Crippen molar-refractivity contribution in [1.29, 1.82) is 5.26 Å². The zero-order valence-corrected chi connectivity index (χ0v) is 7.60. The van der Waals surface area contributed by atoms with E-state index >= 15 is 0 Å². The van der Waals surface area contributed by atoms with Crippen molar-refractivity contribution in [3.05, 3.63) is 23.3 Å². The van der Waals surface area contributed by atoms with E-state index in [1.54, 1.807) is 6.07 Å². The van der Waals surface area contributed by atoms with Crippen LogP contribution in [0.4, 0.5) is 24.5 Å². The van der Waals surface area contributed by atoms with Crippen LogP contribution in [0.15, 0.2) is 12.1 Å². The fraction of sp³-hybridized carbons (Fsp3) is 0.222. The van der Waals surface area contributed by atoms with Gasteiger partial charge in [-0.15, -0.1) is 0 Å². The smallest absolute Gasteiger partial charge is 0.398 e. The number of hydrogen-bond acceptors (Lipinski definition) is 3. The normalized spacial score (nSPS) is 11.1. The molecule has 4 N–H and O–H groups in total. The van der Waals surface area contributed by atoms with Crippen LogP contribution < -0.4 is 11.5 Å². The molecule has 0 radical (unpaired) electrons. The van der Waals surface area contributed by atoms with Gasteiger partial charge in [-0.1, -0.05) is 0 Å². The Morgan fingerprint density at radius 2 is 1.87 bits per heavy atom. The van der Waals surface area contributed by atoms with E-state index in [0.29, 0.717) is 0 Å². The third kappa shape index (κ3) is 2.13. The van der Waals surface area contributed by atoms with Crippen molar-refractivity contribution >= 4 is 11.4 Å². The van der Waals surface area contributed by atoms with Gasteiger partial charge in [0.1, 0.15) is 0 Å². The van der Waals surface area contributed by atoms with Crippen molar-refractivity contribution in [3.63, 3.8) is 0 Å². The fourth-order valence-electron chi connectivity index (χ4n) is 1.21. The predicted molar refractivity (Wildman–Crippen MR) is 49.6 cm³/mol. The molecule has 1 aromatic rings. The Morgan fingerprint density at radius 3 is 2.33 bits per heavy atom. The zero-order chi connectivity index (χ0) is 11.6. The number of rotatable bonds is 1. The number of nitrogens with zero attached hydrogens (tertiary/aromatic N) is 1. The van der Waals surface area contributed by atoms with Crippen molar-refractivity contribution in [1.82, 2.24) is 0 Å². The van der Waals surface area contributed by atoms with Crippen LogP contribution in [0.2, 0.25) is 0 Å². The van der Waals surface area contributed by atoms with Crippen molar-refractivity contribution in [2.24, 2.45) is 0 Å². The Kier molecular flexibility index (Phi) is 2.75. The topological polar surface area (TPSA) is 75.8 Å². The highest BCUT2D eigenvalue weighted by atomic mass is 19.4. The lowest BCUT2D eigenvalue weighted by atomic mass is 10.0. The molecule has 0 amide bonds. The summed E-state index contributed by atoms with van der Waals surface area (Å²) in [6.45, 7) is 0. The molecule has 0 aromatic heterocycles. The highest BCUT2D eigenvalue weighted by Crippen LogP contribution is 2.36. The van der Waals surface area contributed by atoms with Gasteiger partial charge in [-0.25, -0.2) is 0 Å². The number of nitriles is 1. The van der Waals surface area contributed by atoms with Crippen LogP contribution in [0.1, 0.15) is 11.1 Å². The van der Waals surface area contributed by atoms with Crippen LogP contribution in [-0.4, -0.2) is 0 Å². The second kappa shape index (κ2) is 3.69. The van der Waals surface area contributed by atoms with Crippen molar-refractivity contribution in [2.45, 2.75) is 12.6 Å². The molecule has 80 valence electrons. The number of anilines is 2. The van der Waals surface area contributed by atoms with E-state index in [4.69, 9.17) is 16.7 Å². The third-order valence-corrected chi connectivity index (χ3v) is 1.95. The van der Waals surface area contributed by atoms with Gasteiger partial charge in [0.05, 0.1) is 23.7 Å². The van der Waals surface area contributed by atoms with Crippen LogP contribution >= 0.6 is 0 Å². The molecule has 0 heterocycles. The molecule has 3 nitrogen and oxygen atoms in total. The first-order chi connectivity index (χ1) is 6.88. The molecule has 6 heteroatoms. The van der Waals surface area contributed by atoms with Gasteiger partial charge >= 0.3 is 6.18 Å². The summed E-state index contributed by atoms with van der Waals surface area (Å²) in [7, 11) is 0. The lowest BCUT2D eigenvalue weighted by Gasteiger charge is -2.13. The Bertz CT molecular complexity index is 418. The van der Waals surface area contributed by atoms with Gasteiger partial charge in [0, 0.05) is 11.3 Å². The van der Waals surface area contributed by atoms with Gasteiger partial charge in [0.25, 0.3) is 0 Å². The molecule has 0 unspecified atom stereocenters. The Hall–Kier alpha value is -1.90. The summed E-state index contributed by atoms with van der Waals surface area (Å²) in [6, 6.07) is 3.63. The molecule has 15 heavy (non-hydrogen) atoms. The molecule has 1 rings (SSSR count). The highest BCUT2D eigenvalue weighted by molar-refractivity contribution is 5.66. The molecule has 0 atom stereocenters. The van der Waals surface area contributed by atoms with Crippen molar-refractivity contribution in [3.8, 4) is 6.07 Å². The summed E-state index contributed by atoms with van der Waals surface area (Å²) in [6.07, 6.45) is -4.76. The van der Waals surface area contributed by atoms with Gasteiger partial charge in [0.15, 0.2) is 0 Å². The maximum atomic E-state index is 12.4. The summed E-state index contributed by atoms with van der Waals surface area (Å²) < 4.78 is 37.2. The van der Waals surface area contributed by atoms with Crippen LogP contribution in [0.25, 0.3) is 0 Å². The van der Waals surface area contributed by atoms with Gasteiger partial charge < -0.3 is 11.5 Å². The average Bonchev–Trinajstić information content (AvgIpc) is 2.09. The second-order valence-corrected chi connectivity index (χ2v) is 2.93. The summed E-state index contributed by atoms with van der Waals surface area (Å²) in [5, 5.41) is 8.42.